The number of nitrogens with zero attached hydrogens (tertiary/aromatic N) is 2. The summed E-state index contributed by atoms with van der Waals surface area (Å²) in [6.45, 7) is 9.49. The number of fused-ring (bicyclic) bond motifs is 9. The largest absolute Gasteiger partial charge is 0.453 e. The molecule has 0 radical (unpaired) electrons. The van der Waals surface area contributed by atoms with Gasteiger partial charge in [0, 0.05) is 33.0 Å². The monoisotopic (exact) mass is 708 g/mol. The normalized spacial score (nSPS) is 14.9. The number of rotatable bonds is 4. The molecule has 0 atom stereocenters. The van der Waals surface area contributed by atoms with Crippen LogP contribution in [0.25, 0.3) is 33.0 Å². The second kappa shape index (κ2) is 11.5. The van der Waals surface area contributed by atoms with E-state index in [-0.39, 0.29) is 10.8 Å². The van der Waals surface area contributed by atoms with E-state index in [1.807, 2.05) is 0 Å². The van der Waals surface area contributed by atoms with Crippen LogP contribution in [-0.4, -0.2) is 0 Å². The number of benzene rings is 8. The molecule has 0 aromatic heterocycles. The molecule has 3 nitrogen and oxygen atoms in total. The second-order valence-corrected chi connectivity index (χ2v) is 16.1. The molecule has 0 unspecified atom stereocenters. The minimum atomic E-state index is -0.384. The van der Waals surface area contributed by atoms with Crippen LogP contribution >= 0.6 is 0 Å². The molecule has 3 heteroatoms. The van der Waals surface area contributed by atoms with Crippen molar-refractivity contribution in [3.63, 3.8) is 0 Å². The number of para-hydroxylation sites is 2. The molecule has 0 saturated carbocycles. The van der Waals surface area contributed by atoms with Crippen molar-refractivity contribution in [2.24, 2.45) is 0 Å². The van der Waals surface area contributed by atoms with Gasteiger partial charge in [-0.1, -0.05) is 155 Å². The van der Waals surface area contributed by atoms with Gasteiger partial charge in [-0.3, -0.25) is 0 Å². The predicted octanol–water partition coefficient (Wildman–Crippen LogP) is 14.5. The van der Waals surface area contributed by atoms with Gasteiger partial charge >= 0.3 is 0 Å². The van der Waals surface area contributed by atoms with Crippen molar-refractivity contribution in [1.29, 1.82) is 0 Å². The summed E-state index contributed by atoms with van der Waals surface area (Å²) in [6.07, 6.45) is 0. The number of ether oxygens (including phenoxy) is 1. The van der Waals surface area contributed by atoms with E-state index in [0.717, 1.165) is 39.9 Å². The Labute approximate surface area is 322 Å². The van der Waals surface area contributed by atoms with E-state index in [1.165, 1.54) is 61.0 Å². The van der Waals surface area contributed by atoms with Gasteiger partial charge in [0.1, 0.15) is 0 Å². The van der Waals surface area contributed by atoms with Crippen LogP contribution in [-0.2, 0) is 10.8 Å². The van der Waals surface area contributed by atoms with Crippen LogP contribution in [0.2, 0.25) is 0 Å². The van der Waals surface area contributed by atoms with Crippen molar-refractivity contribution in [2.75, 3.05) is 9.80 Å². The fourth-order valence-electron chi connectivity index (χ4n) is 9.79. The average Bonchev–Trinajstić information content (AvgIpc) is 3.45. The van der Waals surface area contributed by atoms with Gasteiger partial charge in [0.25, 0.3) is 0 Å². The first-order valence-corrected chi connectivity index (χ1v) is 19.3. The van der Waals surface area contributed by atoms with Crippen molar-refractivity contribution in [3.05, 3.63) is 192 Å². The maximum absolute atomic E-state index is 6.94. The maximum atomic E-state index is 6.94. The standard InChI is InChI=1S/C52H40N2O/c1-51(2)40-22-12-10-21-38(40)39-28-27-35(32-42(39)51)53(43-24-14-11-19-36(43)33-16-6-5-7-17-33)45-29-31-47-50-48(45)52(3,4)41-23-13-15-25-44(41)54(50)49-37-20-9-8-18-34(37)26-30-46(49)55-47/h5-32H,1-4H3. The Morgan fingerprint density at radius 2 is 1.13 bits per heavy atom. The molecule has 3 aliphatic rings. The molecule has 11 rings (SSSR count). The van der Waals surface area contributed by atoms with E-state index < -0.39 is 0 Å². The highest BCUT2D eigenvalue weighted by molar-refractivity contribution is 6.07. The van der Waals surface area contributed by atoms with E-state index >= 15 is 0 Å². The van der Waals surface area contributed by atoms with E-state index in [1.54, 1.807) is 0 Å². The third-order valence-corrected chi connectivity index (χ3v) is 12.4. The lowest BCUT2D eigenvalue weighted by Gasteiger charge is -2.47. The van der Waals surface area contributed by atoms with Gasteiger partial charge < -0.3 is 14.5 Å². The van der Waals surface area contributed by atoms with Gasteiger partial charge in [-0.2, -0.15) is 0 Å². The molecule has 8 aromatic carbocycles. The molecule has 55 heavy (non-hydrogen) atoms. The average molecular weight is 709 g/mol. The number of hydrogen-bond acceptors (Lipinski definition) is 3. The Hall–Kier alpha value is -6.58. The van der Waals surface area contributed by atoms with E-state index in [4.69, 9.17) is 4.74 Å². The minimum Gasteiger partial charge on any atom is -0.453 e. The predicted molar refractivity (Wildman–Crippen MR) is 229 cm³/mol. The van der Waals surface area contributed by atoms with E-state index in [9.17, 15) is 0 Å². The molecule has 2 heterocycles. The fraction of sp³-hybridized carbons (Fsp3) is 0.115. The third-order valence-electron chi connectivity index (χ3n) is 12.4. The summed E-state index contributed by atoms with van der Waals surface area (Å²) in [5.74, 6) is 1.73. The van der Waals surface area contributed by atoms with Crippen LogP contribution < -0.4 is 14.5 Å². The summed E-state index contributed by atoms with van der Waals surface area (Å²) in [4.78, 5) is 5.00. The SMILES string of the molecule is CC1(C)c2ccccc2-c2ccc(N(c3ccccc3-c3ccccc3)c3ccc4c5c3C(C)(C)c3ccccc3N5c3c(ccc5ccccc35)O4)cc21. The maximum Gasteiger partial charge on any atom is 0.152 e. The van der Waals surface area contributed by atoms with E-state index in [0.29, 0.717) is 0 Å². The molecular formula is C52H40N2O. The Kier molecular flexibility index (Phi) is 6.65. The highest BCUT2D eigenvalue weighted by Gasteiger charge is 2.45. The van der Waals surface area contributed by atoms with Crippen LogP contribution in [0.5, 0.6) is 11.5 Å². The van der Waals surface area contributed by atoms with Crippen molar-refractivity contribution in [1.82, 2.24) is 0 Å². The molecular weight excluding hydrogens is 669 g/mol. The smallest absolute Gasteiger partial charge is 0.152 e. The molecule has 0 saturated heterocycles. The van der Waals surface area contributed by atoms with Gasteiger partial charge in [0.15, 0.2) is 11.5 Å². The van der Waals surface area contributed by atoms with Crippen molar-refractivity contribution in [2.45, 2.75) is 38.5 Å². The number of hydrogen-bond donors (Lipinski definition) is 0. The fourth-order valence-corrected chi connectivity index (χ4v) is 9.79. The van der Waals surface area contributed by atoms with Gasteiger partial charge in [0.05, 0.1) is 28.4 Å². The van der Waals surface area contributed by atoms with Crippen molar-refractivity contribution >= 4 is 44.9 Å². The highest BCUT2D eigenvalue weighted by atomic mass is 16.5. The van der Waals surface area contributed by atoms with Gasteiger partial charge in [-0.25, -0.2) is 0 Å². The Morgan fingerprint density at radius 3 is 1.98 bits per heavy atom. The first-order chi connectivity index (χ1) is 26.8. The molecule has 264 valence electrons. The lowest BCUT2D eigenvalue weighted by atomic mass is 9.72. The molecule has 8 aromatic rings. The molecule has 0 fully saturated rings. The summed E-state index contributed by atoms with van der Waals surface area (Å²) in [7, 11) is 0. The van der Waals surface area contributed by atoms with Crippen molar-refractivity contribution in [3.8, 4) is 33.8 Å². The zero-order chi connectivity index (χ0) is 37.1. The van der Waals surface area contributed by atoms with Gasteiger partial charge in [-0.15, -0.1) is 0 Å². The lowest BCUT2D eigenvalue weighted by Crippen LogP contribution is -2.34. The Morgan fingerprint density at radius 1 is 0.473 bits per heavy atom. The number of anilines is 6. The van der Waals surface area contributed by atoms with Gasteiger partial charge in [0.2, 0.25) is 0 Å². The molecule has 0 spiro atoms. The molecule has 2 aliphatic heterocycles. The van der Waals surface area contributed by atoms with Crippen LogP contribution in [0.15, 0.2) is 170 Å². The zero-order valence-corrected chi connectivity index (χ0v) is 31.5. The van der Waals surface area contributed by atoms with Crippen LogP contribution in [0.3, 0.4) is 0 Å². The Bertz CT molecular complexity index is 2870. The summed E-state index contributed by atoms with van der Waals surface area (Å²) >= 11 is 0. The second-order valence-electron chi connectivity index (χ2n) is 16.1. The zero-order valence-electron chi connectivity index (χ0n) is 31.5. The first kappa shape index (κ1) is 31.9. The molecule has 1 aliphatic carbocycles. The quantitative estimate of drug-likeness (QED) is 0.181. The molecule has 0 amide bonds. The molecule has 0 N–H and O–H groups in total. The summed E-state index contributed by atoms with van der Waals surface area (Å²) in [5.41, 5.74) is 16.4. The van der Waals surface area contributed by atoms with Crippen LogP contribution in [0.1, 0.15) is 49.9 Å². The summed E-state index contributed by atoms with van der Waals surface area (Å²) in [5, 5.41) is 2.36. The van der Waals surface area contributed by atoms with Crippen molar-refractivity contribution < 1.29 is 4.74 Å². The minimum absolute atomic E-state index is 0.149. The summed E-state index contributed by atoms with van der Waals surface area (Å²) < 4.78 is 6.94. The third kappa shape index (κ3) is 4.44. The van der Waals surface area contributed by atoms with Gasteiger partial charge in [-0.05, 0) is 81.2 Å². The molecule has 0 bridgehead atoms. The topological polar surface area (TPSA) is 15.7 Å². The summed E-state index contributed by atoms with van der Waals surface area (Å²) in [6, 6.07) is 62.0. The lowest BCUT2D eigenvalue weighted by molar-refractivity contribution is 0.472. The van der Waals surface area contributed by atoms with E-state index in [2.05, 4.69) is 207 Å². The van der Waals surface area contributed by atoms with Crippen LogP contribution in [0.4, 0.5) is 34.1 Å². The highest BCUT2D eigenvalue weighted by Crippen LogP contribution is 2.64. The van der Waals surface area contributed by atoms with Crippen LogP contribution in [0, 0.1) is 0 Å². The first-order valence-electron chi connectivity index (χ1n) is 19.3. The Balaban J connectivity index is 1.23.